The Hall–Kier alpha value is -3.21. The van der Waals surface area contributed by atoms with Gasteiger partial charge in [-0.05, 0) is 48.7 Å². The van der Waals surface area contributed by atoms with Crippen LogP contribution in [0.25, 0.3) is 0 Å². The van der Waals surface area contributed by atoms with Gasteiger partial charge in [0, 0.05) is 24.2 Å². The highest BCUT2D eigenvalue weighted by atomic mass is 19.1. The van der Waals surface area contributed by atoms with Crippen LogP contribution in [0.15, 0.2) is 71.5 Å². The fraction of sp³-hybridized carbons (Fsp3) is 0.280. The first-order valence-electron chi connectivity index (χ1n) is 10.5. The van der Waals surface area contributed by atoms with E-state index in [1.807, 2.05) is 30.3 Å². The Bertz CT molecular complexity index is 1070. The van der Waals surface area contributed by atoms with E-state index in [2.05, 4.69) is 5.32 Å². The second kappa shape index (κ2) is 9.08. The third-order valence-corrected chi connectivity index (χ3v) is 5.72. The van der Waals surface area contributed by atoms with Crippen LogP contribution in [0.1, 0.15) is 59.6 Å². The summed E-state index contributed by atoms with van der Waals surface area (Å²) < 4.78 is 15.1. The molecule has 0 radical (unpaired) electrons. The normalized spacial score (nSPS) is 14.4. The van der Waals surface area contributed by atoms with Gasteiger partial charge >= 0.3 is 0 Å². The molecular weight excluding hydrogens is 379 g/mol. The van der Waals surface area contributed by atoms with E-state index in [0.29, 0.717) is 23.5 Å². The maximum atomic E-state index is 13.3. The molecule has 4 rings (SSSR count). The number of nitrogens with zero attached hydrogens (tertiary/aromatic N) is 1. The third-order valence-electron chi connectivity index (χ3n) is 5.72. The Morgan fingerprint density at radius 3 is 2.33 bits per heavy atom. The molecule has 1 heterocycles. The number of halogens is 1. The van der Waals surface area contributed by atoms with E-state index < -0.39 is 0 Å². The van der Waals surface area contributed by atoms with Crippen LogP contribution in [0.4, 0.5) is 10.2 Å². The van der Waals surface area contributed by atoms with Crippen molar-refractivity contribution in [3.8, 4) is 0 Å². The van der Waals surface area contributed by atoms with Crippen LogP contribution in [0.2, 0.25) is 0 Å². The molecule has 2 aromatic carbocycles. The molecule has 0 saturated heterocycles. The fourth-order valence-electron chi connectivity index (χ4n) is 4.16. The summed E-state index contributed by atoms with van der Waals surface area (Å²) in [5, 5.41) is 3.37. The standard InChI is InChI=1S/C25H25FN2O2/c26-20-13-11-19(12-14-20)24(30)22-15-16-23(29)28(21-9-5-2-6-10-21)25(22)27-17-18-7-3-1-4-8-18/h1,3-4,7-8,11-16,21,27H,2,5-6,9-10,17H2. The average Bonchev–Trinajstić information content (AvgIpc) is 2.79. The van der Waals surface area contributed by atoms with Crippen LogP contribution in [0, 0.1) is 5.82 Å². The van der Waals surface area contributed by atoms with Gasteiger partial charge in [-0.15, -0.1) is 0 Å². The second-order valence-electron chi connectivity index (χ2n) is 7.77. The summed E-state index contributed by atoms with van der Waals surface area (Å²) in [5.41, 5.74) is 1.79. The molecule has 4 nitrogen and oxygen atoms in total. The minimum Gasteiger partial charge on any atom is -0.367 e. The van der Waals surface area contributed by atoms with Crippen LogP contribution in [-0.4, -0.2) is 10.4 Å². The number of anilines is 1. The van der Waals surface area contributed by atoms with Gasteiger partial charge in [0.2, 0.25) is 0 Å². The van der Waals surface area contributed by atoms with Crippen molar-refractivity contribution in [1.82, 2.24) is 4.57 Å². The molecule has 1 N–H and O–H groups in total. The Morgan fingerprint density at radius 1 is 0.933 bits per heavy atom. The lowest BCUT2D eigenvalue weighted by atomic mass is 9.94. The summed E-state index contributed by atoms with van der Waals surface area (Å²) in [6.07, 6.45) is 5.17. The van der Waals surface area contributed by atoms with Crippen molar-refractivity contribution in [1.29, 1.82) is 0 Å². The monoisotopic (exact) mass is 404 g/mol. The number of pyridine rings is 1. The van der Waals surface area contributed by atoms with E-state index in [9.17, 15) is 14.0 Å². The number of aromatic nitrogens is 1. The van der Waals surface area contributed by atoms with Crippen LogP contribution in [0.3, 0.4) is 0 Å². The quantitative estimate of drug-likeness (QED) is 0.565. The maximum Gasteiger partial charge on any atom is 0.252 e. The molecule has 1 aromatic heterocycles. The van der Waals surface area contributed by atoms with E-state index in [4.69, 9.17) is 0 Å². The van der Waals surface area contributed by atoms with E-state index in [-0.39, 0.29) is 23.2 Å². The number of nitrogens with one attached hydrogen (secondary N) is 1. The van der Waals surface area contributed by atoms with E-state index in [1.165, 1.54) is 36.8 Å². The van der Waals surface area contributed by atoms with Gasteiger partial charge in [-0.3, -0.25) is 14.2 Å². The number of rotatable bonds is 6. The second-order valence-corrected chi connectivity index (χ2v) is 7.77. The van der Waals surface area contributed by atoms with Crippen molar-refractivity contribution in [2.45, 2.75) is 44.7 Å². The first-order chi connectivity index (χ1) is 14.6. The van der Waals surface area contributed by atoms with Gasteiger partial charge in [-0.1, -0.05) is 49.6 Å². The zero-order valence-corrected chi connectivity index (χ0v) is 16.8. The van der Waals surface area contributed by atoms with Crippen LogP contribution in [-0.2, 0) is 6.54 Å². The summed E-state index contributed by atoms with van der Waals surface area (Å²) in [4.78, 5) is 26.1. The van der Waals surface area contributed by atoms with Crippen LogP contribution in [0.5, 0.6) is 0 Å². The SMILES string of the molecule is O=C(c1ccc(F)cc1)c1ccc(=O)n(C2CCCCC2)c1NCc1ccccc1. The summed E-state index contributed by atoms with van der Waals surface area (Å²) in [6.45, 7) is 0.501. The molecule has 1 aliphatic rings. The summed E-state index contributed by atoms with van der Waals surface area (Å²) in [7, 11) is 0. The highest BCUT2D eigenvalue weighted by Crippen LogP contribution is 2.31. The fourth-order valence-corrected chi connectivity index (χ4v) is 4.16. The molecule has 1 saturated carbocycles. The van der Waals surface area contributed by atoms with Crippen molar-refractivity contribution >= 4 is 11.6 Å². The molecule has 0 amide bonds. The molecule has 0 bridgehead atoms. The van der Waals surface area contributed by atoms with E-state index >= 15 is 0 Å². The van der Waals surface area contributed by atoms with Gasteiger partial charge in [0.25, 0.3) is 5.56 Å². The zero-order chi connectivity index (χ0) is 20.9. The highest BCUT2D eigenvalue weighted by molar-refractivity contribution is 6.11. The predicted molar refractivity (Wildman–Crippen MR) is 116 cm³/mol. The maximum absolute atomic E-state index is 13.3. The molecule has 0 aliphatic heterocycles. The summed E-state index contributed by atoms with van der Waals surface area (Å²) in [5.74, 6) is -0.0659. The lowest BCUT2D eigenvalue weighted by Gasteiger charge is -2.28. The van der Waals surface area contributed by atoms with E-state index in [1.54, 1.807) is 10.6 Å². The van der Waals surface area contributed by atoms with Crippen molar-refractivity contribution in [3.63, 3.8) is 0 Å². The van der Waals surface area contributed by atoms with Crippen molar-refractivity contribution in [2.24, 2.45) is 0 Å². The first kappa shape index (κ1) is 20.1. The average molecular weight is 404 g/mol. The number of hydrogen-bond acceptors (Lipinski definition) is 3. The molecule has 30 heavy (non-hydrogen) atoms. The minimum atomic E-state index is -0.388. The van der Waals surface area contributed by atoms with Gasteiger partial charge in [-0.2, -0.15) is 0 Å². The Kier molecular flexibility index (Phi) is 6.07. The largest absolute Gasteiger partial charge is 0.367 e. The lowest BCUT2D eigenvalue weighted by Crippen LogP contribution is -2.30. The molecule has 1 aliphatic carbocycles. The number of carbonyl (C=O) groups excluding carboxylic acids is 1. The molecule has 5 heteroatoms. The molecule has 1 fully saturated rings. The molecular formula is C25H25FN2O2. The first-order valence-corrected chi connectivity index (χ1v) is 10.5. The topological polar surface area (TPSA) is 51.1 Å². The van der Waals surface area contributed by atoms with Crippen molar-refractivity contribution in [2.75, 3.05) is 5.32 Å². The van der Waals surface area contributed by atoms with Gasteiger partial charge < -0.3 is 5.32 Å². The Labute approximate surface area is 175 Å². The summed E-state index contributed by atoms with van der Waals surface area (Å²) in [6, 6.07) is 18.5. The smallest absolute Gasteiger partial charge is 0.252 e. The molecule has 154 valence electrons. The zero-order valence-electron chi connectivity index (χ0n) is 16.8. The Morgan fingerprint density at radius 2 is 1.63 bits per heavy atom. The van der Waals surface area contributed by atoms with Gasteiger partial charge in [-0.25, -0.2) is 4.39 Å². The number of hydrogen-bond donors (Lipinski definition) is 1. The van der Waals surface area contributed by atoms with Gasteiger partial charge in [0.1, 0.15) is 11.6 Å². The number of carbonyl (C=O) groups is 1. The molecule has 0 unspecified atom stereocenters. The van der Waals surface area contributed by atoms with Crippen molar-refractivity contribution in [3.05, 3.63) is 99.6 Å². The highest BCUT2D eigenvalue weighted by Gasteiger charge is 2.24. The predicted octanol–water partition coefficient (Wildman–Crippen LogP) is 5.34. The molecule has 3 aromatic rings. The van der Waals surface area contributed by atoms with Crippen LogP contribution < -0.4 is 10.9 Å². The molecule has 0 atom stereocenters. The van der Waals surface area contributed by atoms with Crippen molar-refractivity contribution < 1.29 is 9.18 Å². The van der Waals surface area contributed by atoms with E-state index in [0.717, 1.165) is 31.2 Å². The van der Waals surface area contributed by atoms with Gasteiger partial charge in [0.05, 0.1) is 5.56 Å². The summed E-state index contributed by atoms with van der Waals surface area (Å²) >= 11 is 0. The number of benzene rings is 2. The lowest BCUT2D eigenvalue weighted by molar-refractivity contribution is 0.103. The number of ketones is 1. The third kappa shape index (κ3) is 4.35. The minimum absolute atomic E-state index is 0.0745. The molecule has 0 spiro atoms. The van der Waals surface area contributed by atoms with Gasteiger partial charge in [0.15, 0.2) is 5.78 Å². The van der Waals surface area contributed by atoms with Crippen LogP contribution >= 0.6 is 0 Å². The Balaban J connectivity index is 1.76.